The highest BCUT2D eigenvalue weighted by molar-refractivity contribution is 6.04. The van der Waals surface area contributed by atoms with Crippen molar-refractivity contribution in [1.82, 2.24) is 5.06 Å². The van der Waals surface area contributed by atoms with E-state index in [0.29, 0.717) is 0 Å². The van der Waals surface area contributed by atoms with Crippen LogP contribution in [0.4, 0.5) is 39.5 Å². The lowest BCUT2D eigenvalue weighted by Gasteiger charge is -2.33. The van der Waals surface area contributed by atoms with Crippen LogP contribution >= 0.6 is 0 Å². The van der Waals surface area contributed by atoms with Gasteiger partial charge in [0.2, 0.25) is 0 Å². The van der Waals surface area contributed by atoms with E-state index in [9.17, 15) is 53.9 Å². The van der Waals surface area contributed by atoms with Crippen molar-refractivity contribution in [3.63, 3.8) is 0 Å². The van der Waals surface area contributed by atoms with E-state index in [1.54, 1.807) is 0 Å². The predicted molar refractivity (Wildman–Crippen MR) is 58.7 cm³/mol. The fraction of sp³-hybridized carbons (Fsp3) is 0.727. The third-order valence-electron chi connectivity index (χ3n) is 3.13. The molecule has 1 aliphatic rings. The van der Waals surface area contributed by atoms with Gasteiger partial charge in [-0.2, -0.15) is 39.5 Å². The van der Waals surface area contributed by atoms with Gasteiger partial charge in [0.05, 0.1) is 12.8 Å². The minimum atomic E-state index is -7.10. The molecule has 1 N–H and O–H groups in total. The lowest BCUT2D eigenvalue weighted by Crippen LogP contribution is -2.60. The molecule has 1 saturated heterocycles. The van der Waals surface area contributed by atoms with Crippen molar-refractivity contribution in [3.8, 4) is 0 Å². The SMILES string of the molecule is O=C(CCC(F)(F)C(F)(F)C(F)(F)C(F)(F)F)ON1C(=O)CC(O)C1=O. The largest absolute Gasteiger partial charge is 0.460 e. The van der Waals surface area contributed by atoms with Gasteiger partial charge in [0.1, 0.15) is 6.10 Å². The van der Waals surface area contributed by atoms with E-state index in [4.69, 9.17) is 5.11 Å². The van der Waals surface area contributed by atoms with Gasteiger partial charge < -0.3 is 9.94 Å². The number of carbonyl (C=O) groups is 3. The number of aliphatic hydroxyl groups excluding tert-OH is 1. The van der Waals surface area contributed by atoms with E-state index in [1.165, 1.54) is 0 Å². The summed E-state index contributed by atoms with van der Waals surface area (Å²) in [6.45, 7) is 0. The molecule has 6 nitrogen and oxygen atoms in total. The van der Waals surface area contributed by atoms with E-state index in [2.05, 4.69) is 4.84 Å². The lowest BCUT2D eigenvalue weighted by atomic mass is 10.00. The number of hydrogen-bond donors (Lipinski definition) is 1. The van der Waals surface area contributed by atoms with Crippen molar-refractivity contribution in [2.75, 3.05) is 0 Å². The average molecular weight is 405 g/mol. The van der Waals surface area contributed by atoms with Gasteiger partial charge in [-0.3, -0.25) is 9.59 Å². The van der Waals surface area contributed by atoms with Gasteiger partial charge in [-0.25, -0.2) is 4.79 Å². The van der Waals surface area contributed by atoms with Crippen molar-refractivity contribution in [2.45, 2.75) is 49.3 Å². The Morgan fingerprint density at radius 3 is 1.92 bits per heavy atom. The first kappa shape index (κ1) is 22.0. The van der Waals surface area contributed by atoms with Gasteiger partial charge in [-0.05, 0) is 0 Å². The number of halogens is 9. The summed E-state index contributed by atoms with van der Waals surface area (Å²) in [7, 11) is 0. The van der Waals surface area contributed by atoms with Gasteiger partial charge in [-0.15, -0.1) is 0 Å². The number of hydrogen-bond acceptors (Lipinski definition) is 5. The molecule has 0 aliphatic carbocycles. The molecule has 0 aromatic rings. The molecular weight excluding hydrogens is 397 g/mol. The molecule has 0 bridgehead atoms. The highest BCUT2D eigenvalue weighted by atomic mass is 19.4. The van der Waals surface area contributed by atoms with E-state index in [-0.39, 0.29) is 5.06 Å². The van der Waals surface area contributed by atoms with Crippen LogP contribution in [-0.4, -0.2) is 58.0 Å². The highest BCUT2D eigenvalue weighted by Gasteiger charge is 2.81. The normalized spacial score (nSPS) is 19.9. The third-order valence-corrected chi connectivity index (χ3v) is 3.13. The van der Waals surface area contributed by atoms with Gasteiger partial charge in [-0.1, -0.05) is 5.06 Å². The Bertz CT molecular complexity index is 603. The van der Waals surface area contributed by atoms with Gasteiger partial charge in [0.15, 0.2) is 0 Å². The number of imide groups is 1. The number of hydroxylamine groups is 2. The summed E-state index contributed by atoms with van der Waals surface area (Å²) in [4.78, 5) is 37.3. The summed E-state index contributed by atoms with van der Waals surface area (Å²) >= 11 is 0. The summed E-state index contributed by atoms with van der Waals surface area (Å²) in [5.41, 5.74) is 0. The van der Waals surface area contributed by atoms with Crippen LogP contribution in [0.15, 0.2) is 0 Å². The maximum Gasteiger partial charge on any atom is 0.460 e. The summed E-state index contributed by atoms with van der Waals surface area (Å²) in [6, 6.07) is 0. The van der Waals surface area contributed by atoms with E-state index in [1.807, 2.05) is 0 Å². The summed E-state index contributed by atoms with van der Waals surface area (Å²) < 4.78 is 113. The molecule has 0 saturated carbocycles. The molecule has 15 heteroatoms. The van der Waals surface area contributed by atoms with Gasteiger partial charge >= 0.3 is 29.9 Å². The van der Waals surface area contributed by atoms with Gasteiger partial charge in [0, 0.05) is 6.42 Å². The molecule has 1 heterocycles. The molecule has 2 amide bonds. The minimum Gasteiger partial charge on any atom is -0.383 e. The van der Waals surface area contributed by atoms with E-state index >= 15 is 0 Å². The molecule has 1 atom stereocenters. The molecule has 0 aromatic heterocycles. The van der Waals surface area contributed by atoms with E-state index < -0.39 is 67.1 Å². The second-order valence-electron chi connectivity index (χ2n) is 5.06. The summed E-state index contributed by atoms with van der Waals surface area (Å²) in [5.74, 6) is -24.7. The fourth-order valence-electron chi connectivity index (χ4n) is 1.66. The van der Waals surface area contributed by atoms with Crippen molar-refractivity contribution < 1.29 is 63.8 Å². The zero-order valence-electron chi connectivity index (χ0n) is 12.1. The zero-order chi connectivity index (χ0) is 20.7. The second-order valence-corrected chi connectivity index (χ2v) is 5.06. The summed E-state index contributed by atoms with van der Waals surface area (Å²) in [6.07, 6.45) is -14.1. The van der Waals surface area contributed by atoms with Crippen LogP contribution in [0.2, 0.25) is 0 Å². The standard InChI is InChI=1S/C11H8F9NO5/c12-8(13,9(14,15)10(16,17)11(18,19)20)2-1-6(24)26-21-5(23)3-4(22)7(21)25/h4,22H,1-3H2. The molecule has 1 rings (SSSR count). The molecule has 0 radical (unpaired) electrons. The molecule has 0 spiro atoms. The van der Waals surface area contributed by atoms with Gasteiger partial charge in [0.25, 0.3) is 11.8 Å². The highest BCUT2D eigenvalue weighted by Crippen LogP contribution is 2.54. The Kier molecular flexibility index (Phi) is 5.57. The first-order valence-corrected chi connectivity index (χ1v) is 6.41. The number of carbonyl (C=O) groups excluding carboxylic acids is 3. The molecular formula is C11H8F9NO5. The van der Waals surface area contributed by atoms with Crippen molar-refractivity contribution in [3.05, 3.63) is 0 Å². The Hall–Kier alpha value is -2.06. The fourth-order valence-corrected chi connectivity index (χ4v) is 1.66. The monoisotopic (exact) mass is 405 g/mol. The van der Waals surface area contributed by atoms with Crippen LogP contribution in [-0.2, 0) is 19.2 Å². The molecule has 1 fully saturated rings. The Balaban J connectivity index is 2.80. The van der Waals surface area contributed by atoms with Crippen LogP contribution < -0.4 is 0 Å². The Morgan fingerprint density at radius 2 is 1.54 bits per heavy atom. The van der Waals surface area contributed by atoms with Crippen LogP contribution in [0.1, 0.15) is 19.3 Å². The summed E-state index contributed by atoms with van der Waals surface area (Å²) in [5, 5.41) is 8.60. The van der Waals surface area contributed by atoms with Crippen LogP contribution in [0, 0.1) is 0 Å². The first-order valence-electron chi connectivity index (χ1n) is 6.41. The number of rotatable bonds is 6. The van der Waals surface area contributed by atoms with Crippen molar-refractivity contribution in [1.29, 1.82) is 0 Å². The molecule has 1 unspecified atom stereocenters. The minimum absolute atomic E-state index is 0.367. The predicted octanol–water partition coefficient (Wildman–Crippen LogP) is 1.81. The van der Waals surface area contributed by atoms with Crippen molar-refractivity contribution in [2.24, 2.45) is 0 Å². The Morgan fingerprint density at radius 1 is 1.04 bits per heavy atom. The molecule has 150 valence electrons. The Labute approximate surface area is 137 Å². The lowest BCUT2D eigenvalue weighted by molar-refractivity contribution is -0.396. The number of aliphatic hydroxyl groups is 1. The van der Waals surface area contributed by atoms with Crippen LogP contribution in [0.3, 0.4) is 0 Å². The number of alkyl halides is 9. The second kappa shape index (κ2) is 6.59. The molecule has 1 aliphatic heterocycles. The van der Waals surface area contributed by atoms with E-state index in [0.717, 1.165) is 0 Å². The maximum atomic E-state index is 13.2. The number of nitrogens with zero attached hydrogens (tertiary/aromatic N) is 1. The third kappa shape index (κ3) is 3.71. The quantitative estimate of drug-likeness (QED) is 0.539. The maximum absolute atomic E-state index is 13.2. The van der Waals surface area contributed by atoms with Crippen LogP contribution in [0.5, 0.6) is 0 Å². The smallest absolute Gasteiger partial charge is 0.383 e. The number of amides is 2. The first-order chi connectivity index (χ1) is 11.5. The van der Waals surface area contributed by atoms with Crippen molar-refractivity contribution >= 4 is 17.8 Å². The topological polar surface area (TPSA) is 83.9 Å². The average Bonchev–Trinajstić information content (AvgIpc) is 2.70. The molecule has 26 heavy (non-hydrogen) atoms. The van der Waals surface area contributed by atoms with Crippen LogP contribution in [0.25, 0.3) is 0 Å². The zero-order valence-corrected chi connectivity index (χ0v) is 12.1. The molecule has 0 aromatic carbocycles.